The third kappa shape index (κ3) is 5.34. The van der Waals surface area contributed by atoms with Crippen LogP contribution in [-0.4, -0.2) is 11.9 Å². The van der Waals surface area contributed by atoms with Crippen molar-refractivity contribution in [3.8, 4) is 0 Å². The van der Waals surface area contributed by atoms with Crippen molar-refractivity contribution in [3.63, 3.8) is 0 Å². The Labute approximate surface area is 127 Å². The molecule has 0 radical (unpaired) electrons. The van der Waals surface area contributed by atoms with Crippen molar-refractivity contribution in [3.05, 3.63) is 35.9 Å². The lowest BCUT2D eigenvalue weighted by Gasteiger charge is -2.29. The summed E-state index contributed by atoms with van der Waals surface area (Å²) in [5, 5.41) is 4.43. The van der Waals surface area contributed by atoms with Gasteiger partial charge in [0.1, 0.15) is 17.5 Å². The minimum atomic E-state index is -1.41. The van der Waals surface area contributed by atoms with Crippen LogP contribution in [0.4, 0.5) is 0 Å². The van der Waals surface area contributed by atoms with Crippen LogP contribution in [0.15, 0.2) is 30.3 Å². The second kappa shape index (κ2) is 7.97. The molecular weight excluding hydrogens is 300 g/mol. The first-order chi connectivity index (χ1) is 9.89. The highest BCUT2D eigenvalue weighted by atomic mass is 35.5. The maximum absolute atomic E-state index is 11.0. The first-order valence-electron chi connectivity index (χ1n) is 6.34. The molecule has 7 heteroatoms. The second-order valence-corrected chi connectivity index (χ2v) is 5.24. The standard InChI is InChI=1S/C14H17ClO6/c1-10(2)9-14(3,11-7-5-4-6-8-11)20-21-19-13(17)12(16)18-15/h4-8,10H,9H2,1-3H3. The highest BCUT2D eigenvalue weighted by Gasteiger charge is 2.32. The molecule has 1 aromatic carbocycles. The zero-order valence-electron chi connectivity index (χ0n) is 12.0. The van der Waals surface area contributed by atoms with Crippen LogP contribution in [0.3, 0.4) is 0 Å². The van der Waals surface area contributed by atoms with Gasteiger partial charge >= 0.3 is 11.9 Å². The summed E-state index contributed by atoms with van der Waals surface area (Å²) in [7, 11) is 0. The van der Waals surface area contributed by atoms with Gasteiger partial charge in [-0.3, -0.25) is 4.89 Å². The van der Waals surface area contributed by atoms with Gasteiger partial charge in [0.05, 0.1) is 0 Å². The zero-order chi connectivity index (χ0) is 15.9. The number of halogens is 1. The van der Waals surface area contributed by atoms with E-state index >= 15 is 0 Å². The minimum absolute atomic E-state index is 0.294. The van der Waals surface area contributed by atoms with Crippen molar-refractivity contribution < 1.29 is 28.7 Å². The highest BCUT2D eigenvalue weighted by Crippen LogP contribution is 2.32. The predicted molar refractivity (Wildman–Crippen MR) is 73.5 cm³/mol. The van der Waals surface area contributed by atoms with Gasteiger partial charge in [0.15, 0.2) is 0 Å². The predicted octanol–water partition coefficient (Wildman–Crippen LogP) is 3.05. The molecule has 0 fully saturated rings. The Morgan fingerprint density at radius 1 is 1.19 bits per heavy atom. The van der Waals surface area contributed by atoms with Gasteiger partial charge in [-0.2, -0.15) is 4.89 Å². The van der Waals surface area contributed by atoms with Gasteiger partial charge in [-0.05, 0) is 29.9 Å². The summed E-state index contributed by atoms with van der Waals surface area (Å²) in [6.07, 6.45) is 0.606. The maximum Gasteiger partial charge on any atom is 0.454 e. The lowest BCUT2D eigenvalue weighted by Crippen LogP contribution is -2.29. The van der Waals surface area contributed by atoms with Crippen LogP contribution in [0.1, 0.15) is 32.8 Å². The quantitative estimate of drug-likeness (QED) is 0.456. The van der Waals surface area contributed by atoms with E-state index in [1.54, 1.807) is 6.92 Å². The average molecular weight is 317 g/mol. The molecule has 0 amide bonds. The lowest BCUT2D eigenvalue weighted by atomic mass is 9.87. The van der Waals surface area contributed by atoms with Crippen molar-refractivity contribution in [2.45, 2.75) is 32.8 Å². The van der Waals surface area contributed by atoms with E-state index in [0.717, 1.165) is 5.56 Å². The number of carbonyl (C=O) groups is 2. The molecule has 0 saturated heterocycles. The number of rotatable bonds is 6. The molecule has 1 atom stereocenters. The Morgan fingerprint density at radius 3 is 2.33 bits per heavy atom. The van der Waals surface area contributed by atoms with Crippen LogP contribution in [0, 0.1) is 5.92 Å². The van der Waals surface area contributed by atoms with Gasteiger partial charge in [0.2, 0.25) is 0 Å². The summed E-state index contributed by atoms with van der Waals surface area (Å²) >= 11 is 4.73. The fourth-order valence-electron chi connectivity index (χ4n) is 1.96. The van der Waals surface area contributed by atoms with Crippen molar-refractivity contribution in [1.82, 2.24) is 0 Å². The Kier molecular flexibility index (Phi) is 6.61. The number of hydrogen-bond acceptors (Lipinski definition) is 6. The molecular formula is C14H17ClO6. The van der Waals surface area contributed by atoms with E-state index < -0.39 is 17.5 Å². The summed E-state index contributed by atoms with van der Waals surface area (Å²) < 4.78 is 3.67. The minimum Gasteiger partial charge on any atom is -0.338 e. The maximum atomic E-state index is 11.0. The molecule has 0 bridgehead atoms. The zero-order valence-corrected chi connectivity index (χ0v) is 12.8. The highest BCUT2D eigenvalue weighted by molar-refractivity contribution is 6.34. The molecule has 0 N–H and O–H groups in total. The molecule has 1 aromatic rings. The van der Waals surface area contributed by atoms with Crippen molar-refractivity contribution >= 4 is 23.8 Å². The van der Waals surface area contributed by atoms with Crippen LogP contribution in [0.5, 0.6) is 0 Å². The summed E-state index contributed by atoms with van der Waals surface area (Å²) in [6.45, 7) is 5.82. The molecule has 0 spiro atoms. The van der Waals surface area contributed by atoms with Crippen LogP contribution in [0.2, 0.25) is 0 Å². The summed E-state index contributed by atoms with van der Waals surface area (Å²) in [5.41, 5.74) is -0.00436. The Bertz CT molecular complexity index is 476. The molecule has 0 saturated carbocycles. The van der Waals surface area contributed by atoms with Gasteiger partial charge in [-0.25, -0.2) is 9.59 Å². The van der Waals surface area contributed by atoms with Crippen LogP contribution < -0.4 is 0 Å². The Hall–Kier alpha value is -1.63. The smallest absolute Gasteiger partial charge is 0.338 e. The molecule has 116 valence electrons. The fourth-order valence-corrected chi connectivity index (χ4v) is 2.02. The molecule has 0 aliphatic rings. The lowest BCUT2D eigenvalue weighted by molar-refractivity contribution is -0.522. The van der Waals surface area contributed by atoms with E-state index in [-0.39, 0.29) is 0 Å². The summed E-state index contributed by atoms with van der Waals surface area (Å²) in [4.78, 5) is 31.2. The number of carbonyl (C=O) groups excluding carboxylic acids is 2. The third-order valence-corrected chi connectivity index (χ3v) is 2.89. The fraction of sp³-hybridized carbons (Fsp3) is 0.429. The largest absolute Gasteiger partial charge is 0.454 e. The van der Waals surface area contributed by atoms with Crippen LogP contribution in [-0.2, 0) is 34.3 Å². The van der Waals surface area contributed by atoms with Crippen molar-refractivity contribution in [2.75, 3.05) is 0 Å². The summed E-state index contributed by atoms with van der Waals surface area (Å²) in [5.74, 6) is -2.52. The van der Waals surface area contributed by atoms with Gasteiger partial charge in [-0.1, -0.05) is 44.2 Å². The van der Waals surface area contributed by atoms with Gasteiger partial charge < -0.3 is 4.29 Å². The second-order valence-electron chi connectivity index (χ2n) is 5.08. The van der Waals surface area contributed by atoms with E-state index in [4.69, 9.17) is 16.8 Å². The Morgan fingerprint density at radius 2 is 1.81 bits per heavy atom. The third-order valence-electron chi connectivity index (χ3n) is 2.75. The van der Waals surface area contributed by atoms with E-state index in [0.29, 0.717) is 12.3 Å². The normalized spacial score (nSPS) is 13.6. The summed E-state index contributed by atoms with van der Waals surface area (Å²) in [6, 6.07) is 9.31. The molecule has 1 unspecified atom stereocenters. The van der Waals surface area contributed by atoms with Gasteiger partial charge in [-0.15, -0.1) is 0 Å². The van der Waals surface area contributed by atoms with Crippen LogP contribution >= 0.6 is 11.9 Å². The molecule has 6 nitrogen and oxygen atoms in total. The number of hydrogen-bond donors (Lipinski definition) is 0. The molecule has 0 aliphatic carbocycles. The first-order valence-corrected chi connectivity index (χ1v) is 6.64. The average Bonchev–Trinajstić information content (AvgIpc) is 2.46. The van der Waals surface area contributed by atoms with Crippen LogP contribution in [0.25, 0.3) is 0 Å². The van der Waals surface area contributed by atoms with Crippen molar-refractivity contribution in [1.29, 1.82) is 0 Å². The first kappa shape index (κ1) is 17.4. The molecule has 0 heterocycles. The molecule has 0 aliphatic heterocycles. The van der Waals surface area contributed by atoms with E-state index in [1.165, 1.54) is 0 Å². The van der Waals surface area contributed by atoms with E-state index in [9.17, 15) is 9.59 Å². The molecule has 1 rings (SSSR count). The topological polar surface area (TPSA) is 71.1 Å². The molecule has 21 heavy (non-hydrogen) atoms. The van der Waals surface area contributed by atoms with Gasteiger partial charge in [0, 0.05) is 0 Å². The SMILES string of the molecule is CC(C)CC(C)(OOOC(=O)C(=O)OCl)c1ccccc1. The van der Waals surface area contributed by atoms with E-state index in [2.05, 4.69) is 14.2 Å². The number of benzene rings is 1. The van der Waals surface area contributed by atoms with Crippen molar-refractivity contribution in [2.24, 2.45) is 5.92 Å². The van der Waals surface area contributed by atoms with E-state index in [1.807, 2.05) is 44.2 Å². The molecule has 0 aromatic heterocycles. The van der Waals surface area contributed by atoms with Gasteiger partial charge in [0.25, 0.3) is 0 Å². The monoisotopic (exact) mass is 316 g/mol. The Balaban J connectivity index is 2.71.